The minimum atomic E-state index is -0.0506. The second-order valence-electron chi connectivity index (χ2n) is 5.12. The van der Waals surface area contributed by atoms with E-state index >= 15 is 0 Å². The zero-order chi connectivity index (χ0) is 15.3. The van der Waals surface area contributed by atoms with E-state index in [1.807, 2.05) is 18.2 Å². The number of amides is 1. The topological polar surface area (TPSA) is 72.9 Å². The fraction of sp³-hybridized carbons (Fsp3) is 0.200. The lowest BCUT2D eigenvalue weighted by atomic mass is 10.1. The number of thiazole rings is 1. The van der Waals surface area contributed by atoms with Crippen LogP contribution in [0.1, 0.15) is 5.69 Å². The summed E-state index contributed by atoms with van der Waals surface area (Å²) in [5, 5.41) is 2.05. The first-order valence-corrected chi connectivity index (χ1v) is 7.74. The molecule has 0 bridgehead atoms. The van der Waals surface area contributed by atoms with Gasteiger partial charge in [0.1, 0.15) is 5.75 Å². The Morgan fingerprint density at radius 2 is 2.32 bits per heavy atom. The van der Waals surface area contributed by atoms with Crippen molar-refractivity contribution in [3.63, 3.8) is 0 Å². The van der Waals surface area contributed by atoms with Gasteiger partial charge in [-0.15, -0.1) is 11.3 Å². The van der Waals surface area contributed by atoms with Gasteiger partial charge in [0.2, 0.25) is 0 Å². The highest BCUT2D eigenvalue weighted by Crippen LogP contribution is 2.36. The van der Waals surface area contributed by atoms with Gasteiger partial charge >= 0.3 is 0 Å². The Morgan fingerprint density at radius 3 is 3.14 bits per heavy atom. The number of hydrogen-bond acceptors (Lipinski definition) is 5. The van der Waals surface area contributed by atoms with Crippen molar-refractivity contribution in [1.29, 1.82) is 0 Å². The van der Waals surface area contributed by atoms with Gasteiger partial charge in [0.05, 0.1) is 23.3 Å². The maximum absolute atomic E-state index is 11.8. The second kappa shape index (κ2) is 4.82. The predicted octanol–water partition coefficient (Wildman–Crippen LogP) is 1.88. The van der Waals surface area contributed by atoms with Crippen LogP contribution in [0, 0.1) is 0 Å². The van der Waals surface area contributed by atoms with Gasteiger partial charge in [-0.25, -0.2) is 4.98 Å². The van der Waals surface area contributed by atoms with Crippen LogP contribution in [-0.2, 0) is 11.3 Å². The van der Waals surface area contributed by atoms with E-state index in [-0.39, 0.29) is 12.5 Å². The molecule has 22 heavy (non-hydrogen) atoms. The monoisotopic (exact) mass is 314 g/mol. The van der Waals surface area contributed by atoms with Gasteiger partial charge < -0.3 is 15.4 Å². The summed E-state index contributed by atoms with van der Waals surface area (Å²) in [6.45, 7) is 0.516. The third-order valence-electron chi connectivity index (χ3n) is 3.87. The molecule has 4 rings (SSSR count). The molecule has 0 saturated heterocycles. The van der Waals surface area contributed by atoms with E-state index in [1.165, 1.54) is 0 Å². The van der Waals surface area contributed by atoms with E-state index in [1.54, 1.807) is 29.5 Å². The molecule has 1 aliphatic heterocycles. The Balaban J connectivity index is 1.89. The van der Waals surface area contributed by atoms with E-state index in [9.17, 15) is 4.79 Å². The fourth-order valence-electron chi connectivity index (χ4n) is 2.64. The molecule has 6 nitrogen and oxygen atoms in total. The highest BCUT2D eigenvalue weighted by Gasteiger charge is 2.23. The average molecular weight is 314 g/mol. The van der Waals surface area contributed by atoms with E-state index < -0.39 is 0 Å². The van der Waals surface area contributed by atoms with Gasteiger partial charge in [-0.05, 0) is 18.2 Å². The van der Waals surface area contributed by atoms with Gasteiger partial charge in [-0.3, -0.25) is 9.20 Å². The molecule has 0 fully saturated rings. The summed E-state index contributed by atoms with van der Waals surface area (Å²) < 4.78 is 7.52. The Bertz CT molecular complexity index is 883. The molecule has 1 aromatic carbocycles. The standard InChI is InChI=1S/C15H14N4O2S/c1-18-11-4-9(2-3-13(11)21-7-14(18)20)12-8-22-15-17-6-10(5-16)19(12)15/h2-4,6,8H,5,7,16H2,1H3. The lowest BCUT2D eigenvalue weighted by Gasteiger charge is -2.26. The van der Waals surface area contributed by atoms with Gasteiger partial charge in [-0.2, -0.15) is 0 Å². The minimum Gasteiger partial charge on any atom is -0.482 e. The summed E-state index contributed by atoms with van der Waals surface area (Å²) in [5.74, 6) is 0.674. The number of aromatic nitrogens is 2. The molecule has 7 heteroatoms. The number of anilines is 1. The van der Waals surface area contributed by atoms with Gasteiger partial charge in [0.25, 0.3) is 5.91 Å². The maximum Gasteiger partial charge on any atom is 0.264 e. The van der Waals surface area contributed by atoms with Crippen LogP contribution >= 0.6 is 11.3 Å². The maximum atomic E-state index is 11.8. The highest BCUT2D eigenvalue weighted by atomic mass is 32.1. The van der Waals surface area contributed by atoms with E-state index in [0.29, 0.717) is 6.54 Å². The number of imidazole rings is 1. The summed E-state index contributed by atoms with van der Waals surface area (Å²) in [5.41, 5.74) is 9.55. The highest BCUT2D eigenvalue weighted by molar-refractivity contribution is 7.15. The predicted molar refractivity (Wildman–Crippen MR) is 85.3 cm³/mol. The molecule has 1 amide bonds. The van der Waals surface area contributed by atoms with Crippen molar-refractivity contribution < 1.29 is 9.53 Å². The minimum absolute atomic E-state index is 0.0506. The third-order valence-corrected chi connectivity index (χ3v) is 4.71. The summed E-state index contributed by atoms with van der Waals surface area (Å²) in [6.07, 6.45) is 1.80. The van der Waals surface area contributed by atoms with Crippen LogP contribution < -0.4 is 15.4 Å². The molecule has 0 aliphatic carbocycles. The Morgan fingerprint density at radius 1 is 1.45 bits per heavy atom. The number of carbonyl (C=O) groups is 1. The molecule has 0 spiro atoms. The van der Waals surface area contributed by atoms with Crippen molar-refractivity contribution in [3.05, 3.63) is 35.5 Å². The first-order chi connectivity index (χ1) is 10.7. The molecule has 1 aliphatic rings. The molecule has 112 valence electrons. The molecule has 0 atom stereocenters. The van der Waals surface area contributed by atoms with E-state index in [4.69, 9.17) is 10.5 Å². The van der Waals surface area contributed by atoms with Gasteiger partial charge in [-0.1, -0.05) is 0 Å². The van der Waals surface area contributed by atoms with Crippen molar-refractivity contribution in [2.75, 3.05) is 18.6 Å². The number of benzene rings is 1. The summed E-state index contributed by atoms with van der Waals surface area (Å²) in [7, 11) is 1.76. The smallest absolute Gasteiger partial charge is 0.264 e. The van der Waals surface area contributed by atoms with Crippen LogP contribution in [0.5, 0.6) is 5.75 Å². The zero-order valence-corrected chi connectivity index (χ0v) is 12.8. The molecule has 3 aromatic rings. The average Bonchev–Trinajstić information content (AvgIpc) is 3.12. The second-order valence-corrected chi connectivity index (χ2v) is 5.95. The Kier molecular flexibility index (Phi) is 2.91. The fourth-order valence-corrected chi connectivity index (χ4v) is 3.54. The molecule has 3 heterocycles. The normalized spacial score (nSPS) is 14.3. The van der Waals surface area contributed by atoms with Crippen LogP contribution in [0.15, 0.2) is 29.8 Å². The van der Waals surface area contributed by atoms with Crippen LogP contribution in [0.2, 0.25) is 0 Å². The van der Waals surface area contributed by atoms with Gasteiger partial charge in [0, 0.05) is 24.5 Å². The largest absolute Gasteiger partial charge is 0.482 e. The summed E-state index contributed by atoms with van der Waals surface area (Å²) in [6, 6.07) is 5.86. The molecule has 0 radical (unpaired) electrons. The number of rotatable bonds is 2. The lowest BCUT2D eigenvalue weighted by Crippen LogP contribution is -2.35. The van der Waals surface area contributed by atoms with Crippen molar-refractivity contribution >= 4 is 27.9 Å². The van der Waals surface area contributed by atoms with Crippen LogP contribution in [-0.4, -0.2) is 28.9 Å². The van der Waals surface area contributed by atoms with Crippen LogP contribution in [0.4, 0.5) is 5.69 Å². The Hall–Kier alpha value is -2.38. The van der Waals surface area contributed by atoms with Crippen molar-refractivity contribution in [2.24, 2.45) is 5.73 Å². The molecular formula is C15H14N4O2S. The Labute approximate surface area is 130 Å². The molecule has 0 saturated carbocycles. The molecule has 0 unspecified atom stereocenters. The number of likely N-dealkylation sites (N-methyl/N-ethyl adjacent to an activating group) is 1. The quantitative estimate of drug-likeness (QED) is 0.784. The van der Waals surface area contributed by atoms with Crippen LogP contribution in [0.25, 0.3) is 16.2 Å². The third kappa shape index (κ3) is 1.83. The number of fused-ring (bicyclic) bond motifs is 2. The number of carbonyl (C=O) groups excluding carboxylic acids is 1. The first-order valence-electron chi connectivity index (χ1n) is 6.86. The zero-order valence-electron chi connectivity index (χ0n) is 11.9. The molecule has 2 N–H and O–H groups in total. The summed E-state index contributed by atoms with van der Waals surface area (Å²) in [4.78, 5) is 18.7. The van der Waals surface area contributed by atoms with Crippen molar-refractivity contribution in [2.45, 2.75) is 6.54 Å². The number of ether oxygens (including phenoxy) is 1. The number of hydrogen-bond donors (Lipinski definition) is 1. The van der Waals surface area contributed by atoms with Crippen molar-refractivity contribution in [1.82, 2.24) is 9.38 Å². The summed E-state index contributed by atoms with van der Waals surface area (Å²) >= 11 is 1.57. The lowest BCUT2D eigenvalue weighted by molar-refractivity contribution is -0.120. The van der Waals surface area contributed by atoms with Gasteiger partial charge in [0.15, 0.2) is 11.6 Å². The van der Waals surface area contributed by atoms with Crippen LogP contribution in [0.3, 0.4) is 0 Å². The van der Waals surface area contributed by atoms with Crippen molar-refractivity contribution in [3.8, 4) is 17.0 Å². The first kappa shape index (κ1) is 13.3. The number of nitrogens with zero attached hydrogens (tertiary/aromatic N) is 3. The van der Waals surface area contributed by atoms with E-state index in [2.05, 4.69) is 14.8 Å². The molecule has 2 aromatic heterocycles. The molecular weight excluding hydrogens is 300 g/mol. The van der Waals surface area contributed by atoms with E-state index in [0.717, 1.165) is 33.3 Å². The number of nitrogens with two attached hydrogens (primary N) is 1. The SMILES string of the molecule is CN1C(=O)COc2ccc(-c3csc4ncc(CN)n34)cc21.